The first kappa shape index (κ1) is 21.6. The molecule has 3 nitrogen and oxygen atoms in total. The highest BCUT2D eigenvalue weighted by Crippen LogP contribution is 2.38. The molecule has 0 radical (unpaired) electrons. The minimum Gasteiger partial charge on any atom is -0.306 e. The molecule has 29 heavy (non-hydrogen) atoms. The summed E-state index contributed by atoms with van der Waals surface area (Å²) in [6.45, 7) is 7.46. The van der Waals surface area contributed by atoms with Crippen LogP contribution in [0.15, 0.2) is 60.7 Å². The average Bonchev–Trinajstić information content (AvgIpc) is 2.79. The normalized spacial score (nSPS) is 16.5. The molecule has 1 heterocycles. The summed E-state index contributed by atoms with van der Waals surface area (Å²) in [6.07, 6.45) is 7.20. The van der Waals surface area contributed by atoms with Gasteiger partial charge in [0.25, 0.3) is 0 Å². The van der Waals surface area contributed by atoms with Crippen molar-refractivity contribution >= 4 is 11.6 Å². The molecule has 0 spiro atoms. The van der Waals surface area contributed by atoms with Crippen molar-refractivity contribution < 1.29 is 4.79 Å². The molecule has 0 aromatic heterocycles. The number of likely N-dealkylation sites (tertiary alicyclic amines) is 1. The Kier molecular flexibility index (Phi) is 7.88. The first-order valence-electron chi connectivity index (χ1n) is 11.3. The second-order valence-electron chi connectivity index (χ2n) is 8.32. The van der Waals surface area contributed by atoms with Crippen molar-refractivity contribution in [1.29, 1.82) is 0 Å². The number of piperidine rings is 1. The zero-order valence-corrected chi connectivity index (χ0v) is 18.1. The van der Waals surface area contributed by atoms with Crippen LogP contribution in [0.5, 0.6) is 0 Å². The minimum absolute atomic E-state index is 0.0479. The molecule has 0 saturated carbocycles. The van der Waals surface area contributed by atoms with Crippen LogP contribution in [-0.4, -0.2) is 36.0 Å². The lowest BCUT2D eigenvalue weighted by atomic mass is 9.80. The first-order valence-corrected chi connectivity index (χ1v) is 11.3. The predicted molar refractivity (Wildman–Crippen MR) is 122 cm³/mol. The van der Waals surface area contributed by atoms with E-state index in [1.807, 2.05) is 25.1 Å². The maximum atomic E-state index is 13.1. The number of nitrogens with zero attached hydrogens (tertiary/aromatic N) is 2. The van der Waals surface area contributed by atoms with Crippen molar-refractivity contribution in [3.8, 4) is 0 Å². The minimum atomic E-state index is -0.0479. The molecule has 0 aliphatic carbocycles. The fraction of sp³-hybridized carbons (Fsp3) is 0.500. The molecule has 156 valence electrons. The van der Waals surface area contributed by atoms with E-state index in [1.165, 1.54) is 18.4 Å². The summed E-state index contributed by atoms with van der Waals surface area (Å²) in [5, 5.41) is 0. The van der Waals surface area contributed by atoms with Crippen LogP contribution in [0, 0.1) is 0 Å². The van der Waals surface area contributed by atoms with Gasteiger partial charge in [0, 0.05) is 31.7 Å². The molecule has 0 unspecified atom stereocenters. The number of hydrogen-bond donors (Lipinski definition) is 0. The van der Waals surface area contributed by atoms with Crippen molar-refractivity contribution in [2.75, 3.05) is 24.5 Å². The summed E-state index contributed by atoms with van der Waals surface area (Å²) < 4.78 is 0. The van der Waals surface area contributed by atoms with Gasteiger partial charge in [0.2, 0.25) is 5.91 Å². The monoisotopic (exact) mass is 392 g/mol. The van der Waals surface area contributed by atoms with E-state index in [-0.39, 0.29) is 11.4 Å². The number of para-hydroxylation sites is 1. The van der Waals surface area contributed by atoms with Crippen LogP contribution in [0.25, 0.3) is 0 Å². The molecule has 1 fully saturated rings. The van der Waals surface area contributed by atoms with Gasteiger partial charge in [0.15, 0.2) is 0 Å². The smallest absolute Gasteiger partial charge is 0.227 e. The number of unbranched alkanes of at least 4 members (excludes halogenated alkanes) is 1. The third kappa shape index (κ3) is 5.48. The van der Waals surface area contributed by atoms with Crippen LogP contribution >= 0.6 is 0 Å². The Morgan fingerprint density at radius 3 is 2.17 bits per heavy atom. The molecule has 2 aromatic rings. The molecule has 1 amide bonds. The Bertz CT molecular complexity index is 736. The number of benzene rings is 2. The molecular weight excluding hydrogens is 356 g/mol. The van der Waals surface area contributed by atoms with Gasteiger partial charge in [-0.05, 0) is 43.4 Å². The Balaban J connectivity index is 1.74. The van der Waals surface area contributed by atoms with Crippen LogP contribution in [0.1, 0.15) is 57.9 Å². The van der Waals surface area contributed by atoms with E-state index in [9.17, 15) is 4.79 Å². The zero-order chi connectivity index (χ0) is 20.5. The van der Waals surface area contributed by atoms with E-state index in [2.05, 4.69) is 59.2 Å². The Hall–Kier alpha value is -2.13. The van der Waals surface area contributed by atoms with Crippen LogP contribution < -0.4 is 4.90 Å². The van der Waals surface area contributed by atoms with Gasteiger partial charge >= 0.3 is 0 Å². The maximum absolute atomic E-state index is 13.1. The molecule has 0 N–H and O–H groups in total. The molecule has 3 rings (SSSR count). The topological polar surface area (TPSA) is 23.6 Å². The molecule has 3 heteroatoms. The van der Waals surface area contributed by atoms with Crippen molar-refractivity contribution in [2.24, 2.45) is 0 Å². The van der Waals surface area contributed by atoms with Crippen molar-refractivity contribution in [3.05, 3.63) is 66.2 Å². The van der Waals surface area contributed by atoms with Crippen LogP contribution in [0.3, 0.4) is 0 Å². The molecule has 0 bridgehead atoms. The van der Waals surface area contributed by atoms with Crippen LogP contribution in [-0.2, 0) is 11.2 Å². The highest BCUT2D eigenvalue weighted by atomic mass is 16.2. The quantitative estimate of drug-likeness (QED) is 0.547. The van der Waals surface area contributed by atoms with E-state index in [1.54, 1.807) is 0 Å². The van der Waals surface area contributed by atoms with Gasteiger partial charge in [-0.3, -0.25) is 4.79 Å². The van der Waals surface area contributed by atoms with Gasteiger partial charge in [-0.1, -0.05) is 75.2 Å². The summed E-state index contributed by atoms with van der Waals surface area (Å²) in [5.41, 5.74) is 2.42. The van der Waals surface area contributed by atoms with Gasteiger partial charge in [-0.2, -0.15) is 0 Å². The highest BCUT2D eigenvalue weighted by molar-refractivity contribution is 5.94. The van der Waals surface area contributed by atoms with E-state index in [4.69, 9.17) is 0 Å². The SMILES string of the molecule is CCCCC1(N(C(=O)CC)c2ccccc2)CCN(CCc2ccccc2)CC1. The fourth-order valence-corrected chi connectivity index (χ4v) is 4.63. The van der Waals surface area contributed by atoms with Gasteiger partial charge < -0.3 is 9.80 Å². The van der Waals surface area contributed by atoms with Gasteiger partial charge in [-0.15, -0.1) is 0 Å². The van der Waals surface area contributed by atoms with Gasteiger partial charge in [0.05, 0.1) is 5.54 Å². The molecule has 1 aliphatic rings. The molecular formula is C26H36N2O. The fourth-order valence-electron chi connectivity index (χ4n) is 4.63. The molecule has 1 saturated heterocycles. The molecule has 1 aliphatic heterocycles. The number of hydrogen-bond acceptors (Lipinski definition) is 2. The lowest BCUT2D eigenvalue weighted by molar-refractivity contribution is -0.120. The predicted octanol–water partition coefficient (Wildman–Crippen LogP) is 5.70. The number of rotatable bonds is 9. The second-order valence-corrected chi connectivity index (χ2v) is 8.32. The van der Waals surface area contributed by atoms with Crippen LogP contribution in [0.2, 0.25) is 0 Å². The summed E-state index contributed by atoms with van der Waals surface area (Å²) in [6, 6.07) is 21.1. The first-order chi connectivity index (χ1) is 14.2. The maximum Gasteiger partial charge on any atom is 0.227 e. The molecule has 2 aromatic carbocycles. The summed E-state index contributed by atoms with van der Waals surface area (Å²) in [4.78, 5) is 17.8. The largest absolute Gasteiger partial charge is 0.306 e. The number of carbonyl (C=O) groups is 1. The van der Waals surface area contributed by atoms with Gasteiger partial charge in [-0.25, -0.2) is 0 Å². The number of carbonyl (C=O) groups excluding carboxylic acids is 1. The van der Waals surface area contributed by atoms with E-state index in [0.29, 0.717) is 6.42 Å². The molecule has 0 atom stereocenters. The highest BCUT2D eigenvalue weighted by Gasteiger charge is 2.41. The third-order valence-electron chi connectivity index (χ3n) is 6.38. The summed E-state index contributed by atoms with van der Waals surface area (Å²) in [5.74, 6) is 0.255. The van der Waals surface area contributed by atoms with E-state index < -0.39 is 0 Å². The van der Waals surface area contributed by atoms with Crippen LogP contribution in [0.4, 0.5) is 5.69 Å². The summed E-state index contributed by atoms with van der Waals surface area (Å²) in [7, 11) is 0. The lowest BCUT2D eigenvalue weighted by Gasteiger charge is -2.49. The Labute approximate surface area is 176 Å². The number of amides is 1. The van der Waals surface area contributed by atoms with Crippen molar-refractivity contribution in [2.45, 2.75) is 64.3 Å². The average molecular weight is 393 g/mol. The third-order valence-corrected chi connectivity index (χ3v) is 6.38. The van der Waals surface area contributed by atoms with E-state index >= 15 is 0 Å². The Morgan fingerprint density at radius 2 is 1.59 bits per heavy atom. The lowest BCUT2D eigenvalue weighted by Crippen LogP contribution is -2.58. The second kappa shape index (κ2) is 10.6. The summed E-state index contributed by atoms with van der Waals surface area (Å²) >= 11 is 0. The van der Waals surface area contributed by atoms with Gasteiger partial charge in [0.1, 0.15) is 0 Å². The van der Waals surface area contributed by atoms with Crippen molar-refractivity contribution in [1.82, 2.24) is 4.90 Å². The van der Waals surface area contributed by atoms with E-state index in [0.717, 1.165) is 51.0 Å². The number of anilines is 1. The standard InChI is InChI=1S/C26H36N2O/c1-3-5-17-26(28(25(29)4-2)24-14-10-7-11-15-24)18-21-27(22-19-26)20-16-23-12-8-6-9-13-23/h6-15H,3-5,16-22H2,1-2H3. The van der Waals surface area contributed by atoms with Crippen molar-refractivity contribution in [3.63, 3.8) is 0 Å². The Morgan fingerprint density at radius 1 is 0.966 bits per heavy atom. The zero-order valence-electron chi connectivity index (χ0n) is 18.1.